The van der Waals surface area contributed by atoms with E-state index in [0.717, 1.165) is 25.9 Å². The van der Waals surface area contributed by atoms with Crippen molar-refractivity contribution >= 4 is 17.5 Å². The first-order valence-corrected chi connectivity index (χ1v) is 7.41. The summed E-state index contributed by atoms with van der Waals surface area (Å²) < 4.78 is 0. The lowest BCUT2D eigenvalue weighted by atomic mass is 10.0. The smallest absolute Gasteiger partial charge is 0.255 e. The van der Waals surface area contributed by atoms with Crippen LogP contribution < -0.4 is 5.32 Å². The zero-order valence-corrected chi connectivity index (χ0v) is 12.4. The van der Waals surface area contributed by atoms with Gasteiger partial charge in [-0.2, -0.15) is 0 Å². The van der Waals surface area contributed by atoms with Crippen LogP contribution in [0.25, 0.3) is 0 Å². The lowest BCUT2D eigenvalue weighted by molar-refractivity contribution is 0.0699. The summed E-state index contributed by atoms with van der Waals surface area (Å²) in [5, 5.41) is 13.1. The molecule has 4 nitrogen and oxygen atoms in total. The minimum absolute atomic E-state index is 0.00424. The van der Waals surface area contributed by atoms with Crippen LogP contribution >= 0.6 is 11.6 Å². The van der Waals surface area contributed by atoms with Gasteiger partial charge in [0.2, 0.25) is 0 Å². The SMILES string of the molecule is CC(O)CNC1CCN(C(=O)c2ccccc2Cl)CC1. The molecule has 2 N–H and O–H groups in total. The van der Waals surface area contributed by atoms with Gasteiger partial charge in [0, 0.05) is 25.7 Å². The van der Waals surface area contributed by atoms with Crippen LogP contribution in [0.4, 0.5) is 0 Å². The number of carbonyl (C=O) groups excluding carboxylic acids is 1. The molecule has 1 amide bonds. The van der Waals surface area contributed by atoms with Crippen molar-refractivity contribution in [1.29, 1.82) is 0 Å². The molecule has 0 radical (unpaired) electrons. The molecule has 20 heavy (non-hydrogen) atoms. The number of amides is 1. The van der Waals surface area contributed by atoms with Gasteiger partial charge in [-0.25, -0.2) is 0 Å². The van der Waals surface area contributed by atoms with Crippen molar-refractivity contribution in [1.82, 2.24) is 10.2 Å². The van der Waals surface area contributed by atoms with Gasteiger partial charge in [0.25, 0.3) is 5.91 Å². The number of rotatable bonds is 4. The quantitative estimate of drug-likeness (QED) is 0.892. The minimum atomic E-state index is -0.335. The molecule has 0 bridgehead atoms. The van der Waals surface area contributed by atoms with Crippen LogP contribution in [0.15, 0.2) is 24.3 Å². The van der Waals surface area contributed by atoms with Gasteiger partial charge in [-0.3, -0.25) is 4.79 Å². The van der Waals surface area contributed by atoms with Crippen LogP contribution in [-0.2, 0) is 0 Å². The van der Waals surface area contributed by atoms with E-state index >= 15 is 0 Å². The van der Waals surface area contributed by atoms with E-state index in [4.69, 9.17) is 11.6 Å². The number of aliphatic hydroxyl groups excluding tert-OH is 1. The molecule has 0 aromatic heterocycles. The molecular weight excluding hydrogens is 276 g/mol. The van der Waals surface area contributed by atoms with E-state index in [1.165, 1.54) is 0 Å². The Balaban J connectivity index is 1.88. The maximum Gasteiger partial charge on any atom is 0.255 e. The second-order valence-corrected chi connectivity index (χ2v) is 5.71. The molecule has 1 fully saturated rings. The lowest BCUT2D eigenvalue weighted by Crippen LogP contribution is -2.46. The third-order valence-corrected chi connectivity index (χ3v) is 3.92. The van der Waals surface area contributed by atoms with Gasteiger partial charge in [0.1, 0.15) is 0 Å². The molecular formula is C15H21ClN2O2. The summed E-state index contributed by atoms with van der Waals surface area (Å²) in [5.41, 5.74) is 0.574. The average Bonchev–Trinajstić information content (AvgIpc) is 2.45. The maximum atomic E-state index is 12.4. The van der Waals surface area contributed by atoms with Crippen molar-refractivity contribution in [3.8, 4) is 0 Å². The van der Waals surface area contributed by atoms with Gasteiger partial charge in [0.05, 0.1) is 16.7 Å². The van der Waals surface area contributed by atoms with Gasteiger partial charge in [0.15, 0.2) is 0 Å². The van der Waals surface area contributed by atoms with Gasteiger partial charge in [-0.05, 0) is 31.9 Å². The number of nitrogens with zero attached hydrogens (tertiary/aromatic N) is 1. The highest BCUT2D eigenvalue weighted by Gasteiger charge is 2.24. The summed E-state index contributed by atoms with van der Waals surface area (Å²) in [6, 6.07) is 7.54. The van der Waals surface area contributed by atoms with E-state index < -0.39 is 0 Å². The zero-order chi connectivity index (χ0) is 14.5. The Morgan fingerprint density at radius 2 is 2.10 bits per heavy atom. The van der Waals surface area contributed by atoms with Gasteiger partial charge in [-0.15, -0.1) is 0 Å². The van der Waals surface area contributed by atoms with Crippen LogP contribution in [0.1, 0.15) is 30.1 Å². The van der Waals surface area contributed by atoms with Crippen LogP contribution in [-0.4, -0.2) is 47.7 Å². The Morgan fingerprint density at radius 1 is 1.45 bits per heavy atom. The van der Waals surface area contributed by atoms with E-state index in [1.807, 2.05) is 17.0 Å². The van der Waals surface area contributed by atoms with Crippen molar-refractivity contribution in [2.75, 3.05) is 19.6 Å². The minimum Gasteiger partial charge on any atom is -0.392 e. The fourth-order valence-electron chi connectivity index (χ4n) is 2.43. The predicted molar refractivity (Wildman–Crippen MR) is 80.1 cm³/mol. The summed E-state index contributed by atoms with van der Waals surface area (Å²) in [6.07, 6.45) is 1.48. The normalized spacial score (nSPS) is 18.1. The molecule has 1 aromatic carbocycles. The number of carbonyl (C=O) groups is 1. The molecule has 0 aliphatic carbocycles. The number of halogens is 1. The third kappa shape index (κ3) is 3.95. The maximum absolute atomic E-state index is 12.4. The Bertz CT molecular complexity index is 457. The largest absolute Gasteiger partial charge is 0.392 e. The third-order valence-electron chi connectivity index (χ3n) is 3.59. The van der Waals surface area contributed by atoms with Gasteiger partial charge >= 0.3 is 0 Å². The summed E-state index contributed by atoms with van der Waals surface area (Å²) in [6.45, 7) is 3.81. The van der Waals surface area contributed by atoms with Crippen molar-refractivity contribution in [3.05, 3.63) is 34.9 Å². The molecule has 110 valence electrons. The van der Waals surface area contributed by atoms with Gasteiger partial charge < -0.3 is 15.3 Å². The highest BCUT2D eigenvalue weighted by atomic mass is 35.5. The number of nitrogens with one attached hydrogen (secondary N) is 1. The summed E-state index contributed by atoms with van der Waals surface area (Å²) >= 11 is 6.06. The molecule has 1 unspecified atom stereocenters. The molecule has 1 saturated heterocycles. The fraction of sp³-hybridized carbons (Fsp3) is 0.533. The van der Waals surface area contributed by atoms with Crippen molar-refractivity contribution < 1.29 is 9.90 Å². The Kier molecular flexibility index (Phi) is 5.40. The van der Waals surface area contributed by atoms with E-state index in [0.29, 0.717) is 23.2 Å². The topological polar surface area (TPSA) is 52.6 Å². The van der Waals surface area contributed by atoms with Crippen molar-refractivity contribution in [2.24, 2.45) is 0 Å². The van der Waals surface area contributed by atoms with Crippen LogP contribution in [0.5, 0.6) is 0 Å². The number of hydrogen-bond donors (Lipinski definition) is 2. The molecule has 0 saturated carbocycles. The monoisotopic (exact) mass is 296 g/mol. The summed E-state index contributed by atoms with van der Waals surface area (Å²) in [5.74, 6) is 0.00424. The average molecular weight is 297 g/mol. The molecule has 0 spiro atoms. The Morgan fingerprint density at radius 3 is 2.70 bits per heavy atom. The Hall–Kier alpha value is -1.10. The second-order valence-electron chi connectivity index (χ2n) is 5.30. The molecule has 1 heterocycles. The van der Waals surface area contributed by atoms with E-state index in [2.05, 4.69) is 5.32 Å². The number of likely N-dealkylation sites (tertiary alicyclic amines) is 1. The molecule has 1 aliphatic heterocycles. The second kappa shape index (κ2) is 7.07. The zero-order valence-electron chi connectivity index (χ0n) is 11.7. The summed E-state index contributed by atoms with van der Waals surface area (Å²) in [4.78, 5) is 14.2. The molecule has 1 aromatic rings. The van der Waals surface area contributed by atoms with Crippen LogP contribution in [0, 0.1) is 0 Å². The Labute approximate surface area is 124 Å². The molecule has 1 atom stereocenters. The number of piperidine rings is 1. The molecule has 1 aliphatic rings. The van der Waals surface area contributed by atoms with E-state index in [1.54, 1.807) is 19.1 Å². The van der Waals surface area contributed by atoms with E-state index in [9.17, 15) is 9.90 Å². The molecule has 2 rings (SSSR count). The highest BCUT2D eigenvalue weighted by Crippen LogP contribution is 2.19. The predicted octanol–water partition coefficient (Wildman–Crippen LogP) is 1.92. The van der Waals surface area contributed by atoms with Gasteiger partial charge in [-0.1, -0.05) is 23.7 Å². The fourth-order valence-corrected chi connectivity index (χ4v) is 2.65. The first-order chi connectivity index (χ1) is 9.58. The first kappa shape index (κ1) is 15.3. The van der Waals surface area contributed by atoms with Crippen molar-refractivity contribution in [2.45, 2.75) is 31.9 Å². The number of hydrogen-bond acceptors (Lipinski definition) is 3. The van der Waals surface area contributed by atoms with Crippen LogP contribution in [0.2, 0.25) is 5.02 Å². The standard InChI is InChI=1S/C15H21ClN2O2/c1-11(19)10-17-12-6-8-18(9-7-12)15(20)13-4-2-3-5-14(13)16/h2-5,11-12,17,19H,6-10H2,1H3. The van der Waals surface area contributed by atoms with Crippen LogP contribution in [0.3, 0.4) is 0 Å². The lowest BCUT2D eigenvalue weighted by Gasteiger charge is -2.33. The summed E-state index contributed by atoms with van der Waals surface area (Å²) in [7, 11) is 0. The first-order valence-electron chi connectivity index (χ1n) is 7.03. The highest BCUT2D eigenvalue weighted by molar-refractivity contribution is 6.33. The molecule has 5 heteroatoms. The van der Waals surface area contributed by atoms with E-state index in [-0.39, 0.29) is 12.0 Å². The number of aliphatic hydroxyl groups is 1. The van der Waals surface area contributed by atoms with Crippen molar-refractivity contribution in [3.63, 3.8) is 0 Å². The number of benzene rings is 1.